The van der Waals surface area contributed by atoms with E-state index in [1.807, 2.05) is 0 Å². The Morgan fingerprint density at radius 2 is 1.26 bits per heavy atom. The van der Waals surface area contributed by atoms with Crippen LogP contribution in [-0.2, 0) is 5.54 Å². The van der Waals surface area contributed by atoms with Crippen molar-refractivity contribution in [2.75, 3.05) is 0 Å². The van der Waals surface area contributed by atoms with E-state index < -0.39 is 0 Å². The van der Waals surface area contributed by atoms with Gasteiger partial charge in [0.05, 0.1) is 16.3 Å². The molecule has 0 amide bonds. The van der Waals surface area contributed by atoms with E-state index in [4.69, 9.17) is 0 Å². The molecule has 2 heterocycles. The quantitative estimate of drug-likeness (QED) is 0.316. The average Bonchev–Trinajstić information content (AvgIpc) is 2.84. The van der Waals surface area contributed by atoms with Gasteiger partial charge in [0, 0.05) is 30.9 Å². The van der Waals surface area contributed by atoms with Gasteiger partial charge in [0.1, 0.15) is 0 Å². The minimum absolute atomic E-state index is 0.0461. The Balaban J connectivity index is 2.13. The van der Waals surface area contributed by atoms with Crippen molar-refractivity contribution >= 4 is 21.7 Å². The average molecular weight is 296 g/mol. The summed E-state index contributed by atoms with van der Waals surface area (Å²) in [6, 6.07) is 26.4. The summed E-state index contributed by atoms with van der Waals surface area (Å²) in [6.45, 7) is 4.65. The van der Waals surface area contributed by atoms with E-state index in [9.17, 15) is 0 Å². The Morgan fingerprint density at radius 1 is 0.652 bits per heavy atom. The van der Waals surface area contributed by atoms with Crippen LogP contribution in [0.2, 0.25) is 0 Å². The number of fused-ring (bicyclic) bond motifs is 8. The van der Waals surface area contributed by atoms with Crippen molar-refractivity contribution in [1.82, 2.24) is 0 Å². The first-order valence-corrected chi connectivity index (χ1v) is 8.15. The van der Waals surface area contributed by atoms with Crippen molar-refractivity contribution in [2.24, 2.45) is 0 Å². The van der Waals surface area contributed by atoms with Gasteiger partial charge in [-0.3, -0.25) is 0 Å². The zero-order chi connectivity index (χ0) is 15.6. The third-order valence-corrected chi connectivity index (χ3v) is 5.24. The second kappa shape index (κ2) is 4.20. The SMILES string of the molecule is CC1(C)c2ccccc2-c2c3ccccc3c3ccccc3[n+]21. The van der Waals surface area contributed by atoms with E-state index in [1.54, 1.807) is 0 Å². The van der Waals surface area contributed by atoms with E-state index in [0.29, 0.717) is 0 Å². The molecule has 3 aromatic carbocycles. The molecule has 5 rings (SSSR count). The molecule has 1 aromatic heterocycles. The molecule has 1 aliphatic heterocycles. The molecular formula is C22H18N+. The van der Waals surface area contributed by atoms with Crippen LogP contribution in [-0.4, -0.2) is 0 Å². The van der Waals surface area contributed by atoms with E-state index in [1.165, 1.54) is 38.5 Å². The summed E-state index contributed by atoms with van der Waals surface area (Å²) in [5, 5.41) is 4.00. The van der Waals surface area contributed by atoms with Gasteiger partial charge in [-0.15, -0.1) is 0 Å². The first-order chi connectivity index (χ1) is 11.2. The molecule has 0 saturated carbocycles. The molecular weight excluding hydrogens is 278 g/mol. The zero-order valence-corrected chi connectivity index (χ0v) is 13.4. The van der Waals surface area contributed by atoms with Crippen molar-refractivity contribution in [3.05, 3.63) is 78.4 Å². The smallest absolute Gasteiger partial charge is 0.182 e. The van der Waals surface area contributed by atoms with Gasteiger partial charge in [0.25, 0.3) is 0 Å². The molecule has 0 saturated heterocycles. The summed E-state index contributed by atoms with van der Waals surface area (Å²) in [5.41, 5.74) is 5.37. The maximum Gasteiger partial charge on any atom is 0.222 e. The lowest BCUT2D eigenvalue weighted by Crippen LogP contribution is -2.51. The molecule has 0 bridgehead atoms. The molecule has 0 radical (unpaired) electrons. The predicted octanol–water partition coefficient (Wildman–Crippen LogP) is 5.04. The summed E-state index contributed by atoms with van der Waals surface area (Å²) in [6.07, 6.45) is 0. The van der Waals surface area contributed by atoms with Crippen LogP contribution in [0.4, 0.5) is 0 Å². The van der Waals surface area contributed by atoms with Crippen LogP contribution in [0.25, 0.3) is 32.9 Å². The van der Waals surface area contributed by atoms with Crippen LogP contribution in [0.15, 0.2) is 72.8 Å². The van der Waals surface area contributed by atoms with Crippen molar-refractivity contribution in [2.45, 2.75) is 19.4 Å². The lowest BCUT2D eigenvalue weighted by molar-refractivity contribution is -0.706. The molecule has 110 valence electrons. The van der Waals surface area contributed by atoms with Gasteiger partial charge in [-0.1, -0.05) is 48.5 Å². The maximum absolute atomic E-state index is 2.52. The lowest BCUT2D eigenvalue weighted by Gasteiger charge is -2.17. The summed E-state index contributed by atoms with van der Waals surface area (Å²) >= 11 is 0. The molecule has 4 aromatic rings. The number of rotatable bonds is 0. The number of hydrogen-bond donors (Lipinski definition) is 0. The van der Waals surface area contributed by atoms with Gasteiger partial charge in [-0.25, -0.2) is 0 Å². The number of aromatic nitrogens is 1. The van der Waals surface area contributed by atoms with Crippen molar-refractivity contribution in [3.8, 4) is 11.3 Å². The number of hydrogen-bond acceptors (Lipinski definition) is 0. The Labute approximate surface area is 135 Å². The number of pyridine rings is 1. The lowest BCUT2D eigenvalue weighted by atomic mass is 9.93. The summed E-state index contributed by atoms with van der Waals surface area (Å²) in [4.78, 5) is 0. The fourth-order valence-corrected chi connectivity index (χ4v) is 4.25. The van der Waals surface area contributed by atoms with Crippen LogP contribution in [0.1, 0.15) is 19.4 Å². The van der Waals surface area contributed by atoms with Crippen LogP contribution in [0.3, 0.4) is 0 Å². The number of nitrogens with zero attached hydrogens (tertiary/aromatic N) is 1. The second-order valence-corrected chi connectivity index (χ2v) is 6.85. The minimum Gasteiger partial charge on any atom is -0.182 e. The van der Waals surface area contributed by atoms with Gasteiger partial charge >= 0.3 is 0 Å². The summed E-state index contributed by atoms with van der Waals surface area (Å²) in [5.74, 6) is 0. The van der Waals surface area contributed by atoms with Gasteiger partial charge in [0.15, 0.2) is 5.54 Å². The third-order valence-electron chi connectivity index (χ3n) is 5.24. The highest BCUT2D eigenvalue weighted by atomic mass is 15.1. The molecule has 0 fully saturated rings. The highest BCUT2D eigenvalue weighted by Crippen LogP contribution is 2.42. The molecule has 0 atom stereocenters. The van der Waals surface area contributed by atoms with Gasteiger partial charge in [-0.2, -0.15) is 4.57 Å². The predicted molar refractivity (Wildman–Crippen MR) is 95.5 cm³/mol. The highest BCUT2D eigenvalue weighted by molar-refractivity contribution is 6.09. The van der Waals surface area contributed by atoms with Crippen LogP contribution in [0, 0.1) is 0 Å². The Kier molecular flexibility index (Phi) is 2.34. The fraction of sp³-hybridized carbons (Fsp3) is 0.136. The van der Waals surface area contributed by atoms with E-state index in [-0.39, 0.29) is 5.54 Å². The fourth-order valence-electron chi connectivity index (χ4n) is 4.25. The van der Waals surface area contributed by atoms with Gasteiger partial charge in [0.2, 0.25) is 11.2 Å². The van der Waals surface area contributed by atoms with Gasteiger partial charge < -0.3 is 0 Å². The molecule has 1 heteroatoms. The largest absolute Gasteiger partial charge is 0.222 e. The topological polar surface area (TPSA) is 3.88 Å². The normalized spacial score (nSPS) is 14.9. The van der Waals surface area contributed by atoms with Gasteiger partial charge in [-0.05, 0) is 18.2 Å². The van der Waals surface area contributed by atoms with E-state index in [2.05, 4.69) is 91.2 Å². The number of para-hydroxylation sites is 1. The van der Waals surface area contributed by atoms with Crippen molar-refractivity contribution in [3.63, 3.8) is 0 Å². The van der Waals surface area contributed by atoms with Crippen LogP contribution >= 0.6 is 0 Å². The molecule has 0 unspecified atom stereocenters. The first-order valence-electron chi connectivity index (χ1n) is 8.15. The van der Waals surface area contributed by atoms with Crippen molar-refractivity contribution in [1.29, 1.82) is 0 Å². The first kappa shape index (κ1) is 12.8. The molecule has 0 aliphatic carbocycles. The Bertz CT molecular complexity index is 1090. The molecule has 1 aliphatic rings. The second-order valence-electron chi connectivity index (χ2n) is 6.85. The Morgan fingerprint density at radius 3 is 2.09 bits per heavy atom. The summed E-state index contributed by atoms with van der Waals surface area (Å²) < 4.78 is 2.52. The Hall–Kier alpha value is -2.67. The molecule has 1 nitrogen and oxygen atoms in total. The van der Waals surface area contributed by atoms with E-state index >= 15 is 0 Å². The standard InChI is InChI=1S/C22H18N/c1-22(2)19-13-7-5-12-18(19)21-17-11-4-3-9-15(17)16-10-6-8-14-20(16)23(21)22/h3-14H,1-2H3/q+1. The molecule has 0 spiro atoms. The van der Waals surface area contributed by atoms with Crippen molar-refractivity contribution < 1.29 is 4.57 Å². The third kappa shape index (κ3) is 1.49. The summed E-state index contributed by atoms with van der Waals surface area (Å²) in [7, 11) is 0. The van der Waals surface area contributed by atoms with Crippen LogP contribution in [0.5, 0.6) is 0 Å². The monoisotopic (exact) mass is 296 g/mol. The minimum atomic E-state index is -0.0461. The molecule has 23 heavy (non-hydrogen) atoms. The molecule has 0 N–H and O–H groups in total. The van der Waals surface area contributed by atoms with Crippen LogP contribution < -0.4 is 4.57 Å². The number of benzene rings is 3. The maximum atomic E-state index is 2.52. The highest BCUT2D eigenvalue weighted by Gasteiger charge is 2.45. The zero-order valence-electron chi connectivity index (χ0n) is 13.4. The van der Waals surface area contributed by atoms with E-state index in [0.717, 1.165) is 0 Å².